The molecule has 9 nitrogen and oxygen atoms in total. The average molecular weight is 486 g/mol. The van der Waals surface area contributed by atoms with Gasteiger partial charge in [-0.15, -0.1) is 24.0 Å². The Morgan fingerprint density at radius 2 is 1.93 bits per heavy atom. The first-order chi connectivity index (χ1) is 12.6. The number of hydrogen-bond donors (Lipinski definition) is 2. The predicted molar refractivity (Wildman–Crippen MR) is 107 cm³/mol. The summed E-state index contributed by atoms with van der Waals surface area (Å²) in [6.07, 6.45) is 5.15. The third-order valence-electron chi connectivity index (χ3n) is 5.39. The summed E-state index contributed by atoms with van der Waals surface area (Å²) in [5, 5.41) is 9.88. The van der Waals surface area contributed by atoms with Gasteiger partial charge >= 0.3 is 0 Å². The number of nitrogens with zero attached hydrogens (tertiary/aromatic N) is 4. The number of aromatic nitrogens is 2. The van der Waals surface area contributed by atoms with Gasteiger partial charge in [0.15, 0.2) is 11.8 Å². The van der Waals surface area contributed by atoms with Crippen LogP contribution in [0.4, 0.5) is 0 Å². The highest BCUT2D eigenvalue weighted by Gasteiger charge is 2.58. The summed E-state index contributed by atoms with van der Waals surface area (Å²) in [6.45, 7) is 2.87. The summed E-state index contributed by atoms with van der Waals surface area (Å²) in [6, 6.07) is 0. The van der Waals surface area contributed by atoms with Gasteiger partial charge in [0.25, 0.3) is 0 Å². The molecule has 1 saturated heterocycles. The first-order valence-corrected chi connectivity index (χ1v) is 8.85. The summed E-state index contributed by atoms with van der Waals surface area (Å²) in [4.78, 5) is 34.9. The van der Waals surface area contributed by atoms with E-state index in [1.54, 1.807) is 14.0 Å². The number of halogens is 1. The molecule has 2 bridgehead atoms. The molecule has 1 aromatic rings. The lowest BCUT2D eigenvalue weighted by atomic mass is 9.85. The number of carbonyl (C=O) groups is 2. The molecule has 2 aliphatic carbocycles. The quantitative estimate of drug-likeness (QED) is 0.205. The maximum absolute atomic E-state index is 12.6. The van der Waals surface area contributed by atoms with Crippen LogP contribution in [0.5, 0.6) is 0 Å². The van der Waals surface area contributed by atoms with Gasteiger partial charge in [-0.2, -0.15) is 4.98 Å². The molecule has 2 heterocycles. The van der Waals surface area contributed by atoms with Crippen molar-refractivity contribution >= 4 is 41.8 Å². The lowest BCUT2D eigenvalue weighted by Crippen LogP contribution is -2.43. The van der Waals surface area contributed by atoms with Crippen molar-refractivity contribution in [2.45, 2.75) is 19.9 Å². The van der Waals surface area contributed by atoms with Crippen LogP contribution in [0.3, 0.4) is 0 Å². The molecule has 2 fully saturated rings. The molecule has 1 aliphatic heterocycles. The second kappa shape index (κ2) is 7.95. The summed E-state index contributed by atoms with van der Waals surface area (Å²) < 4.78 is 5.03. The number of rotatable bonds is 5. The zero-order valence-corrected chi connectivity index (χ0v) is 17.5. The smallest absolute Gasteiger partial charge is 0.246 e. The lowest BCUT2D eigenvalue weighted by molar-refractivity contribution is -0.140. The van der Waals surface area contributed by atoms with Crippen LogP contribution in [-0.2, 0) is 16.1 Å². The fourth-order valence-corrected chi connectivity index (χ4v) is 4.26. The molecule has 1 aromatic heterocycles. The Morgan fingerprint density at radius 1 is 1.26 bits per heavy atom. The molecule has 10 heteroatoms. The maximum Gasteiger partial charge on any atom is 0.246 e. The SMILES string of the molecule is CN=C(NCCN1C(=O)C2C3C=CC(C3)C2C1=O)NCc1nc(C)no1.I. The van der Waals surface area contributed by atoms with E-state index in [1.807, 2.05) is 0 Å². The third-order valence-corrected chi connectivity index (χ3v) is 5.39. The largest absolute Gasteiger partial charge is 0.355 e. The molecule has 0 aromatic carbocycles. The van der Waals surface area contributed by atoms with Crippen LogP contribution in [0.1, 0.15) is 18.1 Å². The second-order valence-electron chi connectivity index (χ2n) is 6.92. The van der Waals surface area contributed by atoms with Crippen molar-refractivity contribution in [2.75, 3.05) is 20.1 Å². The molecule has 3 aliphatic rings. The van der Waals surface area contributed by atoms with Crippen LogP contribution in [-0.4, -0.2) is 53.0 Å². The number of nitrogens with one attached hydrogen (secondary N) is 2. The van der Waals surface area contributed by atoms with Gasteiger partial charge < -0.3 is 15.2 Å². The number of fused-ring (bicyclic) bond motifs is 5. The Balaban J connectivity index is 0.00000210. The maximum atomic E-state index is 12.6. The van der Waals surface area contributed by atoms with E-state index in [0.717, 1.165) is 6.42 Å². The van der Waals surface area contributed by atoms with E-state index >= 15 is 0 Å². The van der Waals surface area contributed by atoms with Gasteiger partial charge in [0.05, 0.1) is 18.4 Å². The molecular weight excluding hydrogens is 463 g/mol. The zero-order chi connectivity index (χ0) is 18.3. The Morgan fingerprint density at radius 3 is 2.48 bits per heavy atom. The minimum Gasteiger partial charge on any atom is -0.355 e. The Kier molecular flexibility index (Phi) is 5.82. The van der Waals surface area contributed by atoms with Crippen molar-refractivity contribution in [3.05, 3.63) is 23.9 Å². The van der Waals surface area contributed by atoms with Gasteiger partial charge in [0.1, 0.15) is 0 Å². The third kappa shape index (κ3) is 3.58. The Bertz CT molecular complexity index is 761. The summed E-state index contributed by atoms with van der Waals surface area (Å²) in [5.74, 6) is 1.73. The average Bonchev–Trinajstić information content (AvgIpc) is 3.38. The van der Waals surface area contributed by atoms with Crippen molar-refractivity contribution in [3.63, 3.8) is 0 Å². The lowest BCUT2D eigenvalue weighted by Gasteiger charge is -2.18. The van der Waals surface area contributed by atoms with Crippen LogP contribution in [0.15, 0.2) is 21.7 Å². The van der Waals surface area contributed by atoms with Gasteiger partial charge in [-0.3, -0.25) is 19.5 Å². The minimum absolute atomic E-state index is 0. The van der Waals surface area contributed by atoms with Crippen molar-refractivity contribution in [1.82, 2.24) is 25.7 Å². The number of carbonyl (C=O) groups excluding carboxylic acids is 2. The number of aliphatic imine (C=N–C) groups is 1. The number of hydrogen-bond acceptors (Lipinski definition) is 6. The molecule has 27 heavy (non-hydrogen) atoms. The van der Waals surface area contributed by atoms with Crippen LogP contribution >= 0.6 is 24.0 Å². The Labute approximate surface area is 174 Å². The number of aryl methyl sites for hydroxylation is 1. The predicted octanol–water partition coefficient (Wildman–Crippen LogP) is 0.468. The number of likely N-dealkylation sites (tertiary alicyclic amines) is 1. The van der Waals surface area contributed by atoms with Crippen molar-refractivity contribution in [3.8, 4) is 0 Å². The van der Waals surface area contributed by atoms with E-state index in [9.17, 15) is 9.59 Å². The van der Waals surface area contributed by atoms with E-state index in [-0.39, 0.29) is 59.5 Å². The van der Waals surface area contributed by atoms with Crippen molar-refractivity contribution in [2.24, 2.45) is 28.7 Å². The summed E-state index contributed by atoms with van der Waals surface area (Å²) in [7, 11) is 1.65. The van der Waals surface area contributed by atoms with E-state index < -0.39 is 0 Å². The molecule has 0 spiro atoms. The van der Waals surface area contributed by atoms with Crippen LogP contribution < -0.4 is 10.6 Å². The highest BCUT2D eigenvalue weighted by Crippen LogP contribution is 2.52. The number of imide groups is 1. The van der Waals surface area contributed by atoms with E-state index in [4.69, 9.17) is 4.52 Å². The summed E-state index contributed by atoms with van der Waals surface area (Å²) >= 11 is 0. The van der Waals surface area contributed by atoms with E-state index in [2.05, 4.69) is 37.9 Å². The monoisotopic (exact) mass is 486 g/mol. The molecule has 0 radical (unpaired) electrons. The minimum atomic E-state index is -0.143. The molecular formula is C17H23IN6O3. The topological polar surface area (TPSA) is 113 Å². The molecule has 146 valence electrons. The fraction of sp³-hybridized carbons (Fsp3) is 0.588. The second-order valence-corrected chi connectivity index (χ2v) is 6.92. The highest BCUT2D eigenvalue weighted by molar-refractivity contribution is 14.0. The van der Waals surface area contributed by atoms with Gasteiger partial charge in [0.2, 0.25) is 17.7 Å². The summed E-state index contributed by atoms with van der Waals surface area (Å²) in [5.41, 5.74) is 0. The van der Waals surface area contributed by atoms with Crippen LogP contribution in [0.2, 0.25) is 0 Å². The molecule has 4 unspecified atom stereocenters. The molecule has 1 saturated carbocycles. The number of guanidine groups is 1. The Hall–Kier alpha value is -1.98. The van der Waals surface area contributed by atoms with Crippen molar-refractivity contribution in [1.29, 1.82) is 0 Å². The standard InChI is InChI=1S/C17H22N6O3.HI/c1-9-21-12(26-22-9)8-20-17(18-2)19-5-6-23-15(24)13-10-3-4-11(7-10)14(13)16(23)25;/h3-4,10-11,13-14H,5-8H2,1-2H3,(H2,18,19,20);1H. The fourth-order valence-electron chi connectivity index (χ4n) is 4.26. The van der Waals surface area contributed by atoms with Crippen molar-refractivity contribution < 1.29 is 14.1 Å². The van der Waals surface area contributed by atoms with Crippen LogP contribution in [0, 0.1) is 30.6 Å². The molecule has 4 atom stereocenters. The van der Waals surface area contributed by atoms with Crippen LogP contribution in [0.25, 0.3) is 0 Å². The molecule has 4 rings (SSSR count). The highest BCUT2D eigenvalue weighted by atomic mass is 127. The molecule has 2 amide bonds. The van der Waals surface area contributed by atoms with Gasteiger partial charge in [-0.05, 0) is 25.2 Å². The molecule has 2 N–H and O–H groups in total. The number of allylic oxidation sites excluding steroid dienone is 2. The first-order valence-electron chi connectivity index (χ1n) is 8.85. The van der Waals surface area contributed by atoms with E-state index in [0.29, 0.717) is 37.3 Å². The zero-order valence-electron chi connectivity index (χ0n) is 15.2. The van der Waals surface area contributed by atoms with Gasteiger partial charge in [-0.25, -0.2) is 0 Å². The van der Waals surface area contributed by atoms with E-state index in [1.165, 1.54) is 4.90 Å². The first kappa shape index (κ1) is 19.8. The number of amides is 2. The normalized spacial score (nSPS) is 28.5. The van der Waals surface area contributed by atoms with Gasteiger partial charge in [0, 0.05) is 20.1 Å². The van der Waals surface area contributed by atoms with Gasteiger partial charge in [-0.1, -0.05) is 17.3 Å².